The predicted octanol–water partition coefficient (Wildman–Crippen LogP) is 2.26. The van der Waals surface area contributed by atoms with E-state index in [1.54, 1.807) is 0 Å². The number of amides is 1. The van der Waals surface area contributed by atoms with Gasteiger partial charge in [-0.1, -0.05) is 20.8 Å². The molecule has 7 heteroatoms. The van der Waals surface area contributed by atoms with Gasteiger partial charge in [0.05, 0.1) is 24.3 Å². The van der Waals surface area contributed by atoms with Gasteiger partial charge in [0.1, 0.15) is 11.9 Å². The number of aryl methyl sites for hydroxylation is 1. The van der Waals surface area contributed by atoms with Gasteiger partial charge in [-0.2, -0.15) is 5.26 Å². The van der Waals surface area contributed by atoms with Crippen molar-refractivity contribution in [3.63, 3.8) is 0 Å². The van der Waals surface area contributed by atoms with Crippen molar-refractivity contribution in [3.8, 4) is 6.07 Å². The summed E-state index contributed by atoms with van der Waals surface area (Å²) < 4.78 is 5.99. The number of aromatic nitrogens is 1. The smallest absolute Gasteiger partial charge is 0.236 e. The van der Waals surface area contributed by atoms with Crippen LogP contribution >= 0.6 is 0 Å². The van der Waals surface area contributed by atoms with Crippen LogP contribution in [0.25, 0.3) is 0 Å². The Balaban J connectivity index is 1.76. The zero-order valence-corrected chi connectivity index (χ0v) is 19.0. The van der Waals surface area contributed by atoms with Gasteiger partial charge in [0.25, 0.3) is 0 Å². The molecule has 3 rings (SSSR count). The van der Waals surface area contributed by atoms with Crippen molar-refractivity contribution in [2.45, 2.75) is 59.7 Å². The Hall–Kier alpha value is -2.17. The van der Waals surface area contributed by atoms with Crippen molar-refractivity contribution in [2.75, 3.05) is 44.2 Å². The quantitative estimate of drug-likeness (QED) is 0.770. The number of carbonyl (C=O) groups excluding carboxylic acids is 1. The zero-order valence-electron chi connectivity index (χ0n) is 19.0. The van der Waals surface area contributed by atoms with Crippen LogP contribution in [0.3, 0.4) is 0 Å². The van der Waals surface area contributed by atoms with Gasteiger partial charge >= 0.3 is 0 Å². The second kappa shape index (κ2) is 9.32. The Morgan fingerprint density at radius 3 is 2.57 bits per heavy atom. The van der Waals surface area contributed by atoms with Crippen LogP contribution in [0.2, 0.25) is 0 Å². The van der Waals surface area contributed by atoms with E-state index in [-0.39, 0.29) is 11.5 Å². The van der Waals surface area contributed by atoms with Crippen molar-refractivity contribution < 1.29 is 9.53 Å². The van der Waals surface area contributed by atoms with Crippen LogP contribution < -0.4 is 10.2 Å². The van der Waals surface area contributed by atoms with E-state index in [2.05, 4.69) is 50.9 Å². The minimum Gasteiger partial charge on any atom is -0.370 e. The summed E-state index contributed by atoms with van der Waals surface area (Å²) in [6.07, 6.45) is 1.53. The Labute approximate surface area is 180 Å². The fourth-order valence-corrected chi connectivity index (χ4v) is 4.21. The second-order valence-electron chi connectivity index (χ2n) is 9.30. The number of anilines is 1. The maximum absolute atomic E-state index is 12.5. The number of ether oxygens (including phenoxy) is 1. The zero-order chi connectivity index (χ0) is 21.9. The Morgan fingerprint density at radius 2 is 1.97 bits per heavy atom. The standard InChI is InChI=1S/C23H35N5O2/c1-6-20-19-15-30-23(4,5)11-17(19)18(12-24)22(26-20)28-9-7-27(8-10-28)21(29)14-25-13-16(2)3/h16,25H,6-11,13-15H2,1-5H3. The summed E-state index contributed by atoms with van der Waals surface area (Å²) in [6, 6.07) is 2.43. The van der Waals surface area contributed by atoms with Crippen LogP contribution in [0.5, 0.6) is 0 Å². The van der Waals surface area contributed by atoms with Crippen LogP contribution in [-0.2, 0) is 29.0 Å². The third kappa shape index (κ3) is 4.93. The number of piperazine rings is 1. The third-order valence-electron chi connectivity index (χ3n) is 5.90. The fraction of sp³-hybridized carbons (Fsp3) is 0.696. The molecule has 0 radical (unpaired) electrons. The van der Waals surface area contributed by atoms with Crippen molar-refractivity contribution in [1.82, 2.24) is 15.2 Å². The highest BCUT2D eigenvalue weighted by molar-refractivity contribution is 5.78. The summed E-state index contributed by atoms with van der Waals surface area (Å²) >= 11 is 0. The first-order chi connectivity index (χ1) is 14.3. The number of hydrogen-bond acceptors (Lipinski definition) is 6. The molecule has 1 saturated heterocycles. The molecule has 1 N–H and O–H groups in total. The van der Waals surface area contributed by atoms with E-state index in [0.29, 0.717) is 57.2 Å². The molecular formula is C23H35N5O2. The number of pyridine rings is 1. The van der Waals surface area contributed by atoms with Crippen LogP contribution in [0.1, 0.15) is 57.0 Å². The molecule has 30 heavy (non-hydrogen) atoms. The van der Waals surface area contributed by atoms with Crippen molar-refractivity contribution >= 4 is 11.7 Å². The van der Waals surface area contributed by atoms with Crippen LogP contribution in [-0.4, -0.2) is 60.7 Å². The van der Waals surface area contributed by atoms with Gasteiger partial charge in [-0.05, 0) is 38.3 Å². The largest absolute Gasteiger partial charge is 0.370 e. The molecule has 1 fully saturated rings. The van der Waals surface area contributed by atoms with E-state index >= 15 is 0 Å². The molecule has 1 aromatic heterocycles. The predicted molar refractivity (Wildman–Crippen MR) is 117 cm³/mol. The molecular weight excluding hydrogens is 378 g/mol. The lowest BCUT2D eigenvalue weighted by molar-refractivity contribution is -0.130. The number of nitriles is 1. The highest BCUT2D eigenvalue weighted by atomic mass is 16.5. The van der Waals surface area contributed by atoms with Gasteiger partial charge in [0.15, 0.2) is 0 Å². The molecule has 0 bridgehead atoms. The molecule has 3 heterocycles. The van der Waals surface area contributed by atoms with Gasteiger partial charge in [0.2, 0.25) is 5.91 Å². The number of nitrogens with zero attached hydrogens (tertiary/aromatic N) is 4. The summed E-state index contributed by atoms with van der Waals surface area (Å²) in [6.45, 7) is 14.9. The molecule has 0 spiro atoms. The molecule has 0 saturated carbocycles. The fourth-order valence-electron chi connectivity index (χ4n) is 4.21. The van der Waals surface area contributed by atoms with E-state index < -0.39 is 0 Å². The second-order valence-corrected chi connectivity index (χ2v) is 9.30. The van der Waals surface area contributed by atoms with E-state index in [1.807, 2.05) is 4.90 Å². The van der Waals surface area contributed by atoms with E-state index in [9.17, 15) is 10.1 Å². The van der Waals surface area contributed by atoms with Gasteiger partial charge in [-0.3, -0.25) is 4.79 Å². The molecule has 7 nitrogen and oxygen atoms in total. The highest BCUT2D eigenvalue weighted by Crippen LogP contribution is 2.35. The lowest BCUT2D eigenvalue weighted by Crippen LogP contribution is -2.51. The van der Waals surface area contributed by atoms with Gasteiger partial charge in [0, 0.05) is 43.9 Å². The highest BCUT2D eigenvalue weighted by Gasteiger charge is 2.33. The first-order valence-corrected chi connectivity index (χ1v) is 11.1. The molecule has 0 aromatic carbocycles. The maximum Gasteiger partial charge on any atom is 0.236 e. The topological polar surface area (TPSA) is 81.5 Å². The van der Waals surface area contributed by atoms with Gasteiger partial charge in [-0.25, -0.2) is 4.98 Å². The monoisotopic (exact) mass is 413 g/mol. The van der Waals surface area contributed by atoms with E-state index in [1.165, 1.54) is 0 Å². The number of hydrogen-bond donors (Lipinski definition) is 1. The van der Waals surface area contributed by atoms with Crippen LogP contribution in [0.15, 0.2) is 0 Å². The molecule has 0 aliphatic carbocycles. The first-order valence-electron chi connectivity index (χ1n) is 11.1. The van der Waals surface area contributed by atoms with Gasteiger partial charge in [-0.15, -0.1) is 0 Å². The Kier molecular flexibility index (Phi) is 6.99. The Bertz CT molecular complexity index is 820. The first kappa shape index (κ1) is 22.5. The minimum atomic E-state index is -0.281. The lowest BCUT2D eigenvalue weighted by Gasteiger charge is -2.38. The lowest BCUT2D eigenvalue weighted by atomic mass is 9.87. The van der Waals surface area contributed by atoms with E-state index in [0.717, 1.165) is 35.6 Å². The number of rotatable bonds is 6. The molecule has 1 aromatic rings. The summed E-state index contributed by atoms with van der Waals surface area (Å²) in [5, 5.41) is 13.2. The van der Waals surface area contributed by atoms with Crippen LogP contribution in [0.4, 0.5) is 5.82 Å². The SMILES string of the molecule is CCc1nc(N2CCN(C(=O)CNCC(C)C)CC2)c(C#N)c2c1COC(C)(C)C2. The molecule has 0 atom stereocenters. The number of fused-ring (bicyclic) bond motifs is 1. The number of nitrogens with one attached hydrogen (secondary N) is 1. The van der Waals surface area contributed by atoms with Gasteiger partial charge < -0.3 is 19.9 Å². The van der Waals surface area contributed by atoms with Crippen molar-refractivity contribution in [3.05, 3.63) is 22.4 Å². The number of carbonyl (C=O) groups is 1. The normalized spacial score (nSPS) is 18.3. The molecule has 0 unspecified atom stereocenters. The summed E-state index contributed by atoms with van der Waals surface area (Å²) in [7, 11) is 0. The van der Waals surface area contributed by atoms with E-state index in [4.69, 9.17) is 9.72 Å². The van der Waals surface area contributed by atoms with Crippen molar-refractivity contribution in [2.24, 2.45) is 5.92 Å². The average Bonchev–Trinajstić information content (AvgIpc) is 2.71. The molecule has 1 amide bonds. The van der Waals surface area contributed by atoms with Crippen molar-refractivity contribution in [1.29, 1.82) is 5.26 Å². The summed E-state index contributed by atoms with van der Waals surface area (Å²) in [5.41, 5.74) is 3.59. The summed E-state index contributed by atoms with van der Waals surface area (Å²) in [4.78, 5) is 21.4. The average molecular weight is 414 g/mol. The summed E-state index contributed by atoms with van der Waals surface area (Å²) in [5.74, 6) is 1.44. The minimum absolute atomic E-state index is 0.141. The Morgan fingerprint density at radius 1 is 1.27 bits per heavy atom. The molecule has 164 valence electrons. The molecule has 2 aliphatic rings. The molecule has 2 aliphatic heterocycles. The third-order valence-corrected chi connectivity index (χ3v) is 5.90. The van der Waals surface area contributed by atoms with Crippen LogP contribution in [0, 0.1) is 17.2 Å². The maximum atomic E-state index is 12.5.